The number of aromatic nitrogens is 1. The van der Waals surface area contributed by atoms with Crippen molar-refractivity contribution in [2.75, 3.05) is 0 Å². The SMILES string of the molecule is Brc1cs[c-]n1.[Zn+][Br]. The summed E-state index contributed by atoms with van der Waals surface area (Å²) in [6.07, 6.45) is 0. The third-order valence-electron chi connectivity index (χ3n) is 0.361. The van der Waals surface area contributed by atoms with Crippen molar-refractivity contribution in [2.24, 2.45) is 0 Å². The third kappa shape index (κ3) is 4.13. The summed E-state index contributed by atoms with van der Waals surface area (Å²) in [7, 11) is 0. The van der Waals surface area contributed by atoms with Crippen LogP contribution in [0.4, 0.5) is 0 Å². The number of nitrogens with zero attached hydrogens (tertiary/aromatic N) is 1. The molecule has 0 aliphatic carbocycles. The van der Waals surface area contributed by atoms with Crippen LogP contribution in [0.25, 0.3) is 0 Å². The van der Waals surface area contributed by atoms with Gasteiger partial charge in [-0.25, -0.2) is 0 Å². The summed E-state index contributed by atoms with van der Waals surface area (Å²) < 4.78 is 0.868. The molecule has 0 saturated heterocycles. The minimum atomic E-state index is 0.868. The van der Waals surface area contributed by atoms with Crippen LogP contribution in [0.2, 0.25) is 0 Å². The van der Waals surface area contributed by atoms with Crippen LogP contribution >= 0.6 is 40.9 Å². The van der Waals surface area contributed by atoms with Gasteiger partial charge >= 0.3 is 30.0 Å². The van der Waals surface area contributed by atoms with Gasteiger partial charge in [-0.15, -0.1) is 21.3 Å². The molecule has 1 aromatic rings. The molecular weight excluding hydrogens is 307 g/mol. The Kier molecular flexibility index (Phi) is 7.30. The summed E-state index contributed by atoms with van der Waals surface area (Å²) >= 11 is 8.86. The van der Waals surface area contributed by atoms with E-state index in [1.165, 1.54) is 27.7 Å². The molecule has 0 saturated carbocycles. The van der Waals surface area contributed by atoms with Crippen molar-refractivity contribution in [1.29, 1.82) is 0 Å². The number of thiazole rings is 1. The third-order valence-corrected chi connectivity index (χ3v) is 1.61. The fourth-order valence-electron chi connectivity index (χ4n) is 0.171. The Hall–Kier alpha value is 1.21. The maximum absolute atomic E-state index is 3.73. The van der Waals surface area contributed by atoms with E-state index in [4.69, 9.17) is 0 Å². The van der Waals surface area contributed by atoms with Crippen molar-refractivity contribution < 1.29 is 16.3 Å². The number of hydrogen-bond acceptors (Lipinski definition) is 2. The summed E-state index contributed by atoms with van der Waals surface area (Å²) in [5.74, 6) is 0. The molecule has 0 spiro atoms. The molecule has 0 aliphatic heterocycles. The van der Waals surface area contributed by atoms with Gasteiger partial charge in [0.05, 0.1) is 0 Å². The summed E-state index contributed by atoms with van der Waals surface area (Å²) in [6.45, 7) is 0. The molecule has 5 heteroatoms. The van der Waals surface area contributed by atoms with Gasteiger partial charge in [0.1, 0.15) is 0 Å². The average molecular weight is 308 g/mol. The van der Waals surface area contributed by atoms with Gasteiger partial charge in [0.15, 0.2) is 0 Å². The van der Waals surface area contributed by atoms with E-state index in [9.17, 15) is 0 Å². The van der Waals surface area contributed by atoms with Gasteiger partial charge in [0, 0.05) is 0 Å². The molecule has 40 valence electrons. The van der Waals surface area contributed by atoms with Crippen LogP contribution < -0.4 is 0 Å². The summed E-state index contributed by atoms with van der Waals surface area (Å²) in [6, 6.07) is 0. The van der Waals surface area contributed by atoms with Gasteiger partial charge in [-0.3, -0.25) is 11.3 Å². The number of rotatable bonds is 0. The van der Waals surface area contributed by atoms with Gasteiger partial charge < -0.3 is 4.98 Å². The number of halogens is 2. The van der Waals surface area contributed by atoms with Crippen LogP contribution in [0.1, 0.15) is 0 Å². The van der Waals surface area contributed by atoms with Crippen molar-refractivity contribution in [1.82, 2.24) is 4.98 Å². The zero-order valence-electron chi connectivity index (χ0n) is 3.90. The number of hydrogen-bond donors (Lipinski definition) is 0. The Labute approximate surface area is 77.1 Å². The van der Waals surface area contributed by atoms with Gasteiger partial charge in [-0.1, -0.05) is 0 Å². The first-order chi connectivity index (χ1) is 3.89. The van der Waals surface area contributed by atoms with E-state index in [1.807, 2.05) is 5.38 Å². The molecule has 0 fully saturated rings. The van der Waals surface area contributed by atoms with Crippen LogP contribution in [-0.2, 0) is 16.3 Å². The molecule has 0 N–H and O–H groups in total. The van der Waals surface area contributed by atoms with Gasteiger partial charge in [-0.05, 0) is 10.1 Å². The van der Waals surface area contributed by atoms with Crippen LogP contribution in [0.3, 0.4) is 0 Å². The van der Waals surface area contributed by atoms with Gasteiger partial charge in [0.25, 0.3) is 0 Å². The second-order valence-electron chi connectivity index (χ2n) is 0.762. The molecule has 0 radical (unpaired) electrons. The maximum atomic E-state index is 3.73. The molecule has 8 heavy (non-hydrogen) atoms. The van der Waals surface area contributed by atoms with Crippen LogP contribution in [0, 0.1) is 5.51 Å². The molecule has 0 amide bonds. The molecule has 0 atom stereocenters. The standard InChI is InChI=1S/C3HBrNS.BrH.Zn/c4-3-1-6-2-5-3;;/h1H;1H;/q-1;;+2/p-1. The normalized spacial score (nSPS) is 7.50. The van der Waals surface area contributed by atoms with Crippen molar-refractivity contribution in [3.8, 4) is 0 Å². The predicted molar refractivity (Wildman–Crippen MR) is 37.6 cm³/mol. The zero-order chi connectivity index (χ0) is 6.41. The van der Waals surface area contributed by atoms with E-state index in [-0.39, 0.29) is 0 Å². The second-order valence-corrected chi connectivity index (χ2v) is 2.23. The summed E-state index contributed by atoms with van der Waals surface area (Å²) in [5, 5.41) is 1.88. The van der Waals surface area contributed by atoms with Crippen LogP contribution in [0.15, 0.2) is 9.98 Å². The summed E-state index contributed by atoms with van der Waals surface area (Å²) in [5.41, 5.74) is 2.67. The average Bonchev–Trinajstić information content (AvgIpc) is 2.24. The van der Waals surface area contributed by atoms with E-state index in [0.717, 1.165) is 4.60 Å². The fourth-order valence-corrected chi connectivity index (χ4v) is 1.01. The van der Waals surface area contributed by atoms with E-state index in [2.05, 4.69) is 40.0 Å². The second kappa shape index (κ2) is 6.34. The van der Waals surface area contributed by atoms with E-state index < -0.39 is 0 Å². The Balaban J connectivity index is 0.000000222. The van der Waals surface area contributed by atoms with E-state index in [0.29, 0.717) is 0 Å². The topological polar surface area (TPSA) is 12.9 Å². The first-order valence-corrected chi connectivity index (χ1v) is 10.3. The molecule has 0 bridgehead atoms. The first-order valence-electron chi connectivity index (χ1n) is 1.63. The molecule has 1 rings (SSSR count). The van der Waals surface area contributed by atoms with Crippen molar-refractivity contribution >= 4 is 40.9 Å². The Bertz CT molecular complexity index is 121. The molecule has 1 heterocycles. The molecule has 0 unspecified atom stereocenters. The molecule has 0 aromatic carbocycles. The van der Waals surface area contributed by atoms with E-state index >= 15 is 0 Å². The Morgan fingerprint density at radius 2 is 2.38 bits per heavy atom. The summed E-state index contributed by atoms with van der Waals surface area (Å²) in [4.78, 5) is 3.73. The van der Waals surface area contributed by atoms with E-state index in [1.54, 1.807) is 0 Å². The molecular formula is C3HBr2NSZn. The van der Waals surface area contributed by atoms with Crippen molar-refractivity contribution in [2.45, 2.75) is 0 Å². The monoisotopic (exact) mass is 305 g/mol. The quantitative estimate of drug-likeness (QED) is 0.530. The molecule has 1 aromatic heterocycles. The van der Waals surface area contributed by atoms with Crippen molar-refractivity contribution in [3.63, 3.8) is 0 Å². The zero-order valence-corrected chi connectivity index (χ0v) is 10.9. The van der Waals surface area contributed by atoms with Crippen molar-refractivity contribution in [3.05, 3.63) is 15.5 Å². The predicted octanol–water partition coefficient (Wildman–Crippen LogP) is 2.55. The minimum absolute atomic E-state index is 0.868. The Morgan fingerprint density at radius 1 is 1.75 bits per heavy atom. The Morgan fingerprint density at radius 3 is 2.50 bits per heavy atom. The van der Waals surface area contributed by atoms with Crippen LogP contribution in [-0.4, -0.2) is 4.98 Å². The van der Waals surface area contributed by atoms with Crippen LogP contribution in [0.5, 0.6) is 0 Å². The first kappa shape index (κ1) is 9.21. The molecule has 0 aliphatic rings. The molecule has 1 nitrogen and oxygen atoms in total. The van der Waals surface area contributed by atoms with Gasteiger partial charge in [-0.2, -0.15) is 0 Å². The van der Waals surface area contributed by atoms with Gasteiger partial charge in [0.2, 0.25) is 0 Å². The fraction of sp³-hybridized carbons (Fsp3) is 0.